The summed E-state index contributed by atoms with van der Waals surface area (Å²) in [5, 5.41) is 2.92. The molecule has 0 spiro atoms. The first-order chi connectivity index (χ1) is 16.7. The Balaban J connectivity index is 1.62. The van der Waals surface area contributed by atoms with Crippen molar-refractivity contribution in [3.05, 3.63) is 77.9 Å². The fourth-order valence-corrected chi connectivity index (χ4v) is 5.44. The van der Waals surface area contributed by atoms with Gasteiger partial charge in [0, 0.05) is 5.56 Å². The molecule has 8 nitrogen and oxygen atoms in total. The Morgan fingerprint density at radius 3 is 2.46 bits per heavy atom. The van der Waals surface area contributed by atoms with E-state index in [9.17, 15) is 13.2 Å². The number of hydrogen-bond donors (Lipinski definition) is 1. The second-order valence-corrected chi connectivity index (χ2v) is 10.1. The van der Waals surface area contributed by atoms with Crippen LogP contribution in [0, 0.1) is 6.92 Å². The third-order valence-electron chi connectivity index (χ3n) is 5.90. The monoisotopic (exact) mass is 496 g/mol. The molecule has 0 radical (unpaired) electrons. The number of sulfonamides is 1. The molecule has 4 rings (SSSR count). The molecule has 1 aliphatic heterocycles. The van der Waals surface area contributed by atoms with Gasteiger partial charge in [0.1, 0.15) is 17.2 Å². The second-order valence-electron chi connectivity index (χ2n) is 8.26. The third kappa shape index (κ3) is 4.90. The van der Waals surface area contributed by atoms with E-state index in [0.29, 0.717) is 22.9 Å². The van der Waals surface area contributed by atoms with Crippen LogP contribution in [0.2, 0.25) is 0 Å². The van der Waals surface area contributed by atoms with Crippen molar-refractivity contribution in [1.29, 1.82) is 0 Å². The van der Waals surface area contributed by atoms with Crippen LogP contribution >= 0.6 is 0 Å². The molecule has 0 bridgehead atoms. The van der Waals surface area contributed by atoms with Crippen LogP contribution in [0.1, 0.15) is 24.1 Å². The molecule has 0 saturated heterocycles. The number of carbonyl (C=O) groups excluding carboxylic acids is 1. The number of nitrogens with zero attached hydrogens (tertiary/aromatic N) is 1. The third-order valence-corrected chi connectivity index (χ3v) is 7.69. The topological polar surface area (TPSA) is 94.2 Å². The van der Waals surface area contributed by atoms with Gasteiger partial charge in [-0.05, 0) is 56.3 Å². The van der Waals surface area contributed by atoms with Crippen molar-refractivity contribution in [3.63, 3.8) is 0 Å². The molecule has 1 N–H and O–H groups in total. The summed E-state index contributed by atoms with van der Waals surface area (Å²) in [4.78, 5) is 13.4. The molecule has 9 heteroatoms. The number of hydrogen-bond acceptors (Lipinski definition) is 6. The lowest BCUT2D eigenvalue weighted by atomic mass is 10.1. The highest BCUT2D eigenvalue weighted by atomic mass is 32.2. The van der Waals surface area contributed by atoms with Crippen LogP contribution in [-0.4, -0.2) is 41.2 Å². The Kier molecular flexibility index (Phi) is 6.88. The van der Waals surface area contributed by atoms with Crippen LogP contribution in [0.3, 0.4) is 0 Å². The molecule has 3 aromatic carbocycles. The summed E-state index contributed by atoms with van der Waals surface area (Å²) in [5.41, 5.74) is 2.06. The van der Waals surface area contributed by atoms with Gasteiger partial charge in [0.05, 0.1) is 37.4 Å². The number of methoxy groups -OCH3 is 2. The molecule has 0 fully saturated rings. The molecule has 2 atom stereocenters. The first-order valence-corrected chi connectivity index (χ1v) is 12.6. The summed E-state index contributed by atoms with van der Waals surface area (Å²) < 4.78 is 45.0. The molecule has 0 aromatic heterocycles. The predicted octanol–water partition coefficient (Wildman–Crippen LogP) is 3.85. The molecule has 2 unspecified atom stereocenters. The first kappa shape index (κ1) is 24.4. The number of ether oxygens (including phenoxy) is 3. The van der Waals surface area contributed by atoms with E-state index in [2.05, 4.69) is 5.32 Å². The highest BCUT2D eigenvalue weighted by Gasteiger charge is 2.38. The summed E-state index contributed by atoms with van der Waals surface area (Å²) >= 11 is 0. The van der Waals surface area contributed by atoms with Crippen LogP contribution < -0.4 is 23.8 Å². The number of benzene rings is 3. The average Bonchev–Trinajstić information content (AvgIpc) is 2.87. The molecule has 3 aromatic rings. The minimum absolute atomic E-state index is 0.147. The lowest BCUT2D eigenvalue weighted by molar-refractivity contribution is -0.128. The standard InChI is InChI=1S/C26H28N2O6S/c1-17-9-12-20(13-10-17)35(30,31)28-16-25(34-24-8-6-5-7-22(24)28)26(29)27-18(2)21-15-19(32-3)11-14-23(21)33-4/h5-15,18,25H,16H2,1-4H3,(H,27,29). The van der Waals surface area contributed by atoms with Gasteiger partial charge in [0.2, 0.25) is 0 Å². The number of nitrogens with one attached hydrogen (secondary N) is 1. The van der Waals surface area contributed by atoms with E-state index in [1.807, 2.05) is 13.8 Å². The van der Waals surface area contributed by atoms with Crippen LogP contribution in [0.15, 0.2) is 71.6 Å². The van der Waals surface area contributed by atoms with Crippen molar-refractivity contribution >= 4 is 21.6 Å². The van der Waals surface area contributed by atoms with Crippen molar-refractivity contribution in [2.45, 2.75) is 30.9 Å². The van der Waals surface area contributed by atoms with Gasteiger partial charge in [-0.2, -0.15) is 0 Å². The van der Waals surface area contributed by atoms with Crippen LogP contribution in [-0.2, 0) is 14.8 Å². The number of amides is 1. The summed E-state index contributed by atoms with van der Waals surface area (Å²) in [7, 11) is -0.811. The van der Waals surface area contributed by atoms with Gasteiger partial charge in [0.25, 0.3) is 15.9 Å². The van der Waals surface area contributed by atoms with Crippen molar-refractivity contribution < 1.29 is 27.4 Å². The zero-order valence-corrected chi connectivity index (χ0v) is 20.8. The highest BCUT2D eigenvalue weighted by Crippen LogP contribution is 2.37. The number of carbonyl (C=O) groups is 1. The Bertz CT molecular complexity index is 1320. The summed E-state index contributed by atoms with van der Waals surface area (Å²) in [5.74, 6) is 1.10. The van der Waals surface area contributed by atoms with Gasteiger partial charge >= 0.3 is 0 Å². The molecule has 1 aliphatic rings. The smallest absolute Gasteiger partial charge is 0.264 e. The quantitative estimate of drug-likeness (QED) is 0.534. The molecular weight excluding hydrogens is 468 g/mol. The van der Waals surface area contributed by atoms with Gasteiger partial charge < -0.3 is 19.5 Å². The summed E-state index contributed by atoms with van der Waals surface area (Å²) in [6.45, 7) is 3.53. The van der Waals surface area contributed by atoms with Gasteiger partial charge in [-0.25, -0.2) is 8.42 Å². The van der Waals surface area contributed by atoms with E-state index in [-0.39, 0.29) is 11.4 Å². The van der Waals surface area contributed by atoms with Gasteiger partial charge in [-0.1, -0.05) is 29.8 Å². The van der Waals surface area contributed by atoms with Gasteiger partial charge in [0.15, 0.2) is 6.10 Å². The molecule has 1 amide bonds. The number of fused-ring (bicyclic) bond motifs is 1. The fourth-order valence-electron chi connectivity index (χ4n) is 3.97. The van der Waals surface area contributed by atoms with Crippen LogP contribution in [0.4, 0.5) is 5.69 Å². The van der Waals surface area contributed by atoms with E-state index in [1.54, 1.807) is 80.9 Å². The van der Waals surface area contributed by atoms with E-state index in [1.165, 1.54) is 4.31 Å². The summed E-state index contributed by atoms with van der Waals surface area (Å²) in [6.07, 6.45) is -1.05. The normalized spacial score (nSPS) is 16.0. The number of anilines is 1. The number of aryl methyl sites for hydroxylation is 1. The van der Waals surface area contributed by atoms with Crippen LogP contribution in [0.5, 0.6) is 17.2 Å². The Morgan fingerprint density at radius 1 is 1.06 bits per heavy atom. The zero-order chi connectivity index (χ0) is 25.2. The van der Waals surface area contributed by atoms with Crippen molar-refractivity contribution in [3.8, 4) is 17.2 Å². The van der Waals surface area contributed by atoms with E-state index in [0.717, 1.165) is 11.1 Å². The van der Waals surface area contributed by atoms with E-state index < -0.39 is 28.1 Å². The second kappa shape index (κ2) is 9.87. The van der Waals surface area contributed by atoms with Crippen LogP contribution in [0.25, 0.3) is 0 Å². The zero-order valence-electron chi connectivity index (χ0n) is 20.0. The Hall–Kier alpha value is -3.72. The Labute approximate surface area is 205 Å². The lowest BCUT2D eigenvalue weighted by Crippen LogP contribution is -2.51. The maximum Gasteiger partial charge on any atom is 0.264 e. The molecule has 35 heavy (non-hydrogen) atoms. The highest BCUT2D eigenvalue weighted by molar-refractivity contribution is 7.92. The van der Waals surface area contributed by atoms with Gasteiger partial charge in [-0.3, -0.25) is 9.10 Å². The minimum Gasteiger partial charge on any atom is -0.497 e. The average molecular weight is 497 g/mol. The van der Waals surface area contributed by atoms with Crippen molar-refractivity contribution in [2.24, 2.45) is 0 Å². The minimum atomic E-state index is -3.92. The van der Waals surface area contributed by atoms with E-state index in [4.69, 9.17) is 14.2 Å². The van der Waals surface area contributed by atoms with Crippen molar-refractivity contribution in [1.82, 2.24) is 5.32 Å². The number of rotatable bonds is 7. The molecule has 0 aliphatic carbocycles. The summed E-state index contributed by atoms with van der Waals surface area (Å²) in [6, 6.07) is 18.3. The molecule has 1 heterocycles. The first-order valence-electron chi connectivity index (χ1n) is 11.1. The Morgan fingerprint density at radius 2 is 1.77 bits per heavy atom. The maximum atomic E-state index is 13.5. The van der Waals surface area contributed by atoms with Gasteiger partial charge in [-0.15, -0.1) is 0 Å². The largest absolute Gasteiger partial charge is 0.497 e. The predicted molar refractivity (Wildman–Crippen MR) is 133 cm³/mol. The van der Waals surface area contributed by atoms with Crippen molar-refractivity contribution in [2.75, 3.05) is 25.1 Å². The van der Waals surface area contributed by atoms with E-state index >= 15 is 0 Å². The maximum absolute atomic E-state index is 13.5. The molecule has 184 valence electrons. The molecule has 0 saturated carbocycles. The fraction of sp³-hybridized carbons (Fsp3) is 0.269. The SMILES string of the molecule is COc1ccc(OC)c(C(C)NC(=O)C2CN(S(=O)(=O)c3ccc(C)cc3)c3ccccc3O2)c1. The lowest BCUT2D eigenvalue weighted by Gasteiger charge is -2.35. The number of para-hydroxylation sites is 2. The molecular formula is C26H28N2O6S.